The summed E-state index contributed by atoms with van der Waals surface area (Å²) in [4.78, 5) is 5.09. The highest BCUT2D eigenvalue weighted by Crippen LogP contribution is 2.46. The van der Waals surface area contributed by atoms with Gasteiger partial charge in [0.15, 0.2) is 0 Å². The van der Waals surface area contributed by atoms with E-state index in [-0.39, 0.29) is 27.3 Å². The number of furan rings is 1. The van der Waals surface area contributed by atoms with E-state index in [0.29, 0.717) is 11.4 Å². The number of aromatic nitrogens is 2. The Hall–Kier alpha value is -6.13. The topological polar surface area (TPSA) is 31.0 Å². The van der Waals surface area contributed by atoms with Crippen molar-refractivity contribution < 1.29 is 4.42 Å². The van der Waals surface area contributed by atoms with Crippen molar-refractivity contribution >= 4 is 121 Å². The van der Waals surface area contributed by atoms with Crippen LogP contribution >= 0.6 is 0 Å². The molecule has 53 heavy (non-hydrogen) atoms. The highest BCUT2D eigenvalue weighted by Gasteiger charge is 2.24. The molecular weight excluding hydrogens is 639 g/mol. The van der Waals surface area contributed by atoms with Gasteiger partial charge in [0.25, 0.3) is 0 Å². The van der Waals surface area contributed by atoms with Crippen molar-refractivity contribution in [3.63, 3.8) is 0 Å². The Balaban J connectivity index is 1.30. The molecule has 10 rings (SSSR count). The maximum atomic E-state index is 6.68. The number of hydrogen-bond donors (Lipinski definition) is 0. The van der Waals surface area contributed by atoms with Crippen molar-refractivity contribution in [1.29, 1.82) is 0 Å². The number of fused-ring (bicyclic) bond motifs is 6. The van der Waals surface area contributed by atoms with E-state index in [1.54, 1.807) is 0 Å². The molecule has 0 aliphatic heterocycles. The van der Waals surface area contributed by atoms with Gasteiger partial charge in [-0.15, -0.1) is 16.4 Å². The predicted molar refractivity (Wildman–Crippen MR) is 227 cm³/mol. The van der Waals surface area contributed by atoms with Gasteiger partial charge in [-0.25, -0.2) is 4.98 Å². The van der Waals surface area contributed by atoms with E-state index in [4.69, 9.17) is 48.6 Å². The van der Waals surface area contributed by atoms with E-state index in [1.165, 1.54) is 0 Å². The molecule has 0 fully saturated rings. The van der Waals surface area contributed by atoms with Gasteiger partial charge in [0.2, 0.25) is 0 Å². The lowest BCUT2D eigenvalue weighted by Crippen LogP contribution is -2.55. The second-order valence-electron chi connectivity index (χ2n) is 13.4. The number of rotatable bonds is 4. The van der Waals surface area contributed by atoms with Gasteiger partial charge < -0.3 is 4.42 Å². The molecule has 234 valence electrons. The van der Waals surface area contributed by atoms with Gasteiger partial charge in [-0.3, -0.25) is 4.57 Å². The van der Waals surface area contributed by atoms with E-state index < -0.39 is 0 Å². The number of hydrogen-bond acceptors (Lipinski definition) is 2. The van der Waals surface area contributed by atoms with Crippen molar-refractivity contribution in [2.45, 2.75) is 0 Å². The highest BCUT2D eigenvalue weighted by atomic mass is 16.3. The minimum absolute atomic E-state index is 0.157. The van der Waals surface area contributed by atoms with Crippen LogP contribution < -0.4 is 27.3 Å². The van der Waals surface area contributed by atoms with Crippen molar-refractivity contribution in [3.05, 3.63) is 140 Å². The number of benzene rings is 8. The van der Waals surface area contributed by atoms with Crippen molar-refractivity contribution in [3.8, 4) is 39.3 Å². The quantitative estimate of drug-likeness (QED) is 0.166. The second-order valence-corrected chi connectivity index (χ2v) is 13.4. The Morgan fingerprint density at radius 1 is 0.434 bits per heavy atom. The molecule has 0 atom stereocenters. The fourth-order valence-corrected chi connectivity index (χ4v) is 8.02. The van der Waals surface area contributed by atoms with Crippen LogP contribution in [0, 0.1) is 0 Å². The van der Waals surface area contributed by atoms with Crippen molar-refractivity contribution in [2.75, 3.05) is 0 Å². The van der Waals surface area contributed by atoms with Gasteiger partial charge in [-0.2, -0.15) is 0 Å². The molecule has 0 N–H and O–H groups in total. The minimum Gasteiger partial charge on any atom is -0.456 e. The summed E-state index contributed by atoms with van der Waals surface area (Å²) >= 11 is 0. The summed E-state index contributed by atoms with van der Waals surface area (Å²) in [5.41, 5.74) is 10.0. The largest absolute Gasteiger partial charge is 0.456 e. The van der Waals surface area contributed by atoms with Crippen LogP contribution in [0.5, 0.6) is 0 Å². The summed E-state index contributed by atoms with van der Waals surface area (Å²) in [5.74, 6) is 0.512. The average molecular weight is 662 g/mol. The Morgan fingerprint density at radius 3 is 1.66 bits per heavy atom. The van der Waals surface area contributed by atoms with Gasteiger partial charge in [-0.05, 0) is 74.6 Å². The van der Waals surface area contributed by atoms with Gasteiger partial charge in [0, 0.05) is 21.9 Å². The summed E-state index contributed by atoms with van der Waals surface area (Å²) < 4.78 is 8.30. The molecule has 0 saturated carbocycles. The van der Waals surface area contributed by atoms with Gasteiger partial charge in [0.05, 0.1) is 16.7 Å². The molecule has 2 aromatic heterocycles. The maximum absolute atomic E-state index is 6.68. The van der Waals surface area contributed by atoms with Crippen LogP contribution in [0.1, 0.15) is 0 Å². The first-order valence-electron chi connectivity index (χ1n) is 17.3. The summed E-state index contributed by atoms with van der Waals surface area (Å²) in [6.45, 7) is 0. The second kappa shape index (κ2) is 12.0. The Bertz CT molecular complexity index is 3060. The molecule has 10 aromatic rings. The van der Waals surface area contributed by atoms with Crippen molar-refractivity contribution in [2.24, 2.45) is 0 Å². The summed E-state index contributed by atoms with van der Waals surface area (Å²) in [7, 11) is 32.4. The molecule has 0 saturated heterocycles. The van der Waals surface area contributed by atoms with E-state index in [0.717, 1.165) is 82.5 Å². The molecule has 10 radical (unpaired) electrons. The van der Waals surface area contributed by atoms with E-state index in [2.05, 4.69) is 102 Å². The third-order valence-electron chi connectivity index (χ3n) is 10.5. The van der Waals surface area contributed by atoms with Gasteiger partial charge in [-0.1, -0.05) is 114 Å². The van der Waals surface area contributed by atoms with Crippen LogP contribution in [-0.2, 0) is 0 Å². The van der Waals surface area contributed by atoms with Gasteiger partial charge >= 0.3 is 0 Å². The standard InChI is InChI=1S/C45H23B5N2O/c46-40-39(41(47)43(49)44(50)42(40)48)45-51-32-17-7-9-19-34(32)52(45)33-18-8-5-16-30(33)38-28-14-3-1-12-26(28)37(27-13-2-4-15-29(27)38)24-21-22-36-31(23-24)25-11-6-10-20-35(25)53-36/h1-23H. The van der Waals surface area contributed by atoms with Crippen molar-refractivity contribution in [1.82, 2.24) is 9.55 Å². The van der Waals surface area contributed by atoms with Crippen LogP contribution in [-0.4, -0.2) is 48.8 Å². The molecule has 0 unspecified atom stereocenters. The Labute approximate surface area is 312 Å². The minimum atomic E-state index is 0.157. The molecule has 0 aliphatic rings. The highest BCUT2D eigenvalue weighted by molar-refractivity contribution is 6.68. The molecule has 0 bridgehead atoms. The SMILES string of the molecule is [B]c1c([B])c([B])c(-c2nc3ccccc3n2-c2ccccc2-c2c3ccccc3c(-c3ccc4oc5ccccc5c4c3)c3ccccc23)c([B])c1[B]. The fraction of sp³-hybridized carbons (Fsp3) is 0. The zero-order chi connectivity index (χ0) is 36.0. The Morgan fingerprint density at radius 2 is 0.962 bits per heavy atom. The normalized spacial score (nSPS) is 11.8. The molecule has 0 amide bonds. The number of para-hydroxylation sites is 4. The lowest BCUT2D eigenvalue weighted by molar-refractivity contribution is 0.669. The lowest BCUT2D eigenvalue weighted by atomic mass is 9.60. The molecular formula is C45H23B5N2O. The smallest absolute Gasteiger partial charge is 0.144 e. The zero-order valence-corrected chi connectivity index (χ0v) is 28.5. The van der Waals surface area contributed by atoms with E-state index in [1.807, 2.05) is 42.5 Å². The summed E-state index contributed by atoms with van der Waals surface area (Å²) in [6, 6.07) is 48.2. The van der Waals surface area contributed by atoms with Crippen LogP contribution in [0.2, 0.25) is 0 Å². The van der Waals surface area contributed by atoms with Crippen LogP contribution in [0.4, 0.5) is 0 Å². The monoisotopic (exact) mass is 662 g/mol. The van der Waals surface area contributed by atoms with Gasteiger partial charge in [0.1, 0.15) is 56.2 Å². The molecule has 2 heterocycles. The first kappa shape index (κ1) is 31.6. The lowest BCUT2D eigenvalue weighted by Gasteiger charge is -2.23. The predicted octanol–water partition coefficient (Wildman–Crippen LogP) is 6.20. The van der Waals surface area contributed by atoms with E-state index in [9.17, 15) is 0 Å². The first-order valence-corrected chi connectivity index (χ1v) is 17.3. The first-order chi connectivity index (χ1) is 25.9. The third-order valence-corrected chi connectivity index (χ3v) is 10.5. The zero-order valence-electron chi connectivity index (χ0n) is 28.5. The average Bonchev–Trinajstić information content (AvgIpc) is 3.76. The summed E-state index contributed by atoms with van der Waals surface area (Å²) in [6.07, 6.45) is 0. The summed E-state index contributed by atoms with van der Waals surface area (Å²) in [5, 5.41) is 6.66. The molecule has 8 aromatic carbocycles. The Kier molecular flexibility index (Phi) is 7.13. The fourth-order valence-electron chi connectivity index (χ4n) is 8.02. The number of imidazole rings is 1. The molecule has 8 heteroatoms. The third kappa shape index (κ3) is 4.65. The van der Waals surface area contributed by atoms with Crippen LogP contribution in [0.3, 0.4) is 0 Å². The molecule has 0 aliphatic carbocycles. The maximum Gasteiger partial charge on any atom is 0.144 e. The van der Waals surface area contributed by atoms with E-state index >= 15 is 0 Å². The van der Waals surface area contributed by atoms with Crippen LogP contribution in [0.25, 0.3) is 93.8 Å². The van der Waals surface area contributed by atoms with Crippen LogP contribution in [0.15, 0.2) is 144 Å². The number of nitrogens with zero attached hydrogens (tertiary/aromatic N) is 2. The molecule has 0 spiro atoms. The molecule has 3 nitrogen and oxygen atoms in total.